The molecule has 3 aromatic rings. The van der Waals surface area contributed by atoms with Crippen molar-refractivity contribution in [2.45, 2.75) is 25.3 Å². The number of thioether (sulfide) groups is 1. The molecule has 1 heterocycles. The van der Waals surface area contributed by atoms with Crippen molar-refractivity contribution in [3.8, 4) is 0 Å². The van der Waals surface area contributed by atoms with Crippen molar-refractivity contribution in [3.05, 3.63) is 118 Å². The van der Waals surface area contributed by atoms with Gasteiger partial charge in [0.2, 0.25) is 0 Å². The van der Waals surface area contributed by atoms with Gasteiger partial charge in [-0.1, -0.05) is 96.2 Å². The number of nitrogens with zero attached hydrogens (tertiary/aromatic N) is 1. The zero-order valence-corrected chi connectivity index (χ0v) is 20.9. The lowest BCUT2D eigenvalue weighted by Crippen LogP contribution is -2.35. The second-order valence-corrected chi connectivity index (χ2v) is 9.41. The van der Waals surface area contributed by atoms with Crippen molar-refractivity contribution >= 4 is 34.4 Å². The van der Waals surface area contributed by atoms with E-state index in [0.717, 1.165) is 22.8 Å². The molecule has 0 saturated heterocycles. The van der Waals surface area contributed by atoms with Gasteiger partial charge in [0.05, 0.1) is 5.57 Å². The van der Waals surface area contributed by atoms with E-state index in [1.54, 1.807) is 0 Å². The van der Waals surface area contributed by atoms with E-state index < -0.39 is 6.04 Å². The first-order valence-electron chi connectivity index (χ1n) is 11.3. The number of halogens is 1. The summed E-state index contributed by atoms with van der Waals surface area (Å²) in [5.41, 5.74) is 4.81. The van der Waals surface area contributed by atoms with E-state index in [-0.39, 0.29) is 11.8 Å². The summed E-state index contributed by atoms with van der Waals surface area (Å²) in [6.07, 6.45) is 2.76. The van der Waals surface area contributed by atoms with Crippen LogP contribution in [0.5, 0.6) is 0 Å². The Kier molecular flexibility index (Phi) is 8.09. The smallest absolute Gasteiger partial charge is 0.251 e. The Balaban J connectivity index is 1.52. The number of amides is 1. The number of rotatable bonds is 7. The van der Waals surface area contributed by atoms with Crippen LogP contribution in [-0.4, -0.2) is 23.9 Å². The van der Waals surface area contributed by atoms with Crippen LogP contribution >= 0.6 is 23.4 Å². The lowest BCUT2D eigenvalue weighted by molar-refractivity contribution is -0.117. The Labute approximate surface area is 210 Å². The Bertz CT molecular complexity index is 1160. The fourth-order valence-electron chi connectivity index (χ4n) is 4.28. The molecule has 1 amide bonds. The zero-order valence-electron chi connectivity index (χ0n) is 19.3. The SMILES string of the molecule is CSC1=NC(c2cccc(Cl)c2)C(C(=O)NCCC(c2ccccc2)c2ccccc2)=C(C)N1. The molecule has 0 fully saturated rings. The minimum Gasteiger partial charge on any atom is -0.352 e. The summed E-state index contributed by atoms with van der Waals surface area (Å²) in [6, 6.07) is 28.0. The van der Waals surface area contributed by atoms with Gasteiger partial charge < -0.3 is 10.6 Å². The van der Waals surface area contributed by atoms with E-state index in [1.807, 2.05) is 49.6 Å². The van der Waals surface area contributed by atoms with E-state index in [2.05, 4.69) is 59.2 Å². The average Bonchev–Trinajstić information content (AvgIpc) is 2.87. The molecule has 0 aliphatic carbocycles. The monoisotopic (exact) mass is 489 g/mol. The van der Waals surface area contributed by atoms with Crippen LogP contribution < -0.4 is 10.6 Å². The first-order chi connectivity index (χ1) is 16.6. The van der Waals surface area contributed by atoms with Crippen LogP contribution in [0.2, 0.25) is 5.02 Å². The van der Waals surface area contributed by atoms with Gasteiger partial charge in [-0.15, -0.1) is 0 Å². The third kappa shape index (κ3) is 5.72. The summed E-state index contributed by atoms with van der Waals surface area (Å²) >= 11 is 7.77. The van der Waals surface area contributed by atoms with Crippen LogP contribution in [0, 0.1) is 0 Å². The largest absolute Gasteiger partial charge is 0.352 e. The topological polar surface area (TPSA) is 53.5 Å². The number of hydrogen-bond donors (Lipinski definition) is 2. The van der Waals surface area contributed by atoms with E-state index in [4.69, 9.17) is 16.6 Å². The van der Waals surface area contributed by atoms with Crippen LogP contribution in [0.1, 0.15) is 42.0 Å². The average molecular weight is 490 g/mol. The molecule has 3 aromatic carbocycles. The van der Waals surface area contributed by atoms with Gasteiger partial charge in [0.15, 0.2) is 5.17 Å². The predicted octanol–water partition coefficient (Wildman–Crippen LogP) is 6.32. The standard InChI is InChI=1S/C28H28ClN3OS/c1-19-25(26(32-28(31-19)34-2)22-14-9-15-23(29)18-22)27(33)30-17-16-24(20-10-5-3-6-11-20)21-12-7-4-8-13-21/h3-15,18,24,26H,16-17H2,1-2H3,(H,30,33)(H,31,32). The molecule has 0 spiro atoms. The fraction of sp³-hybridized carbons (Fsp3) is 0.214. The normalized spacial score (nSPS) is 15.6. The lowest BCUT2D eigenvalue weighted by atomic mass is 9.88. The van der Waals surface area contributed by atoms with E-state index >= 15 is 0 Å². The van der Waals surface area contributed by atoms with Gasteiger partial charge >= 0.3 is 0 Å². The third-order valence-electron chi connectivity index (χ3n) is 5.94. The summed E-state index contributed by atoms with van der Waals surface area (Å²) in [4.78, 5) is 18.2. The first kappa shape index (κ1) is 24.1. The van der Waals surface area contributed by atoms with Gasteiger partial charge in [-0.05, 0) is 48.4 Å². The van der Waals surface area contributed by atoms with Crippen molar-refractivity contribution in [3.63, 3.8) is 0 Å². The number of aliphatic imine (C=N–C) groups is 1. The van der Waals surface area contributed by atoms with Gasteiger partial charge in [-0.2, -0.15) is 0 Å². The Morgan fingerprint density at radius 1 is 1.03 bits per heavy atom. The first-order valence-corrected chi connectivity index (χ1v) is 12.9. The molecule has 1 aliphatic heterocycles. The second-order valence-electron chi connectivity index (χ2n) is 8.18. The Morgan fingerprint density at radius 3 is 2.26 bits per heavy atom. The number of benzene rings is 3. The van der Waals surface area contributed by atoms with Crippen LogP contribution in [0.4, 0.5) is 0 Å². The van der Waals surface area contributed by atoms with E-state index in [1.165, 1.54) is 22.9 Å². The highest BCUT2D eigenvalue weighted by atomic mass is 35.5. The Hall–Kier alpha value is -3.02. The summed E-state index contributed by atoms with van der Waals surface area (Å²) in [6.45, 7) is 2.47. The molecule has 174 valence electrons. The van der Waals surface area contributed by atoms with Crippen molar-refractivity contribution < 1.29 is 4.79 Å². The molecular formula is C28H28ClN3OS. The van der Waals surface area contributed by atoms with Gasteiger partial charge in [0.1, 0.15) is 6.04 Å². The molecule has 0 radical (unpaired) electrons. The van der Waals surface area contributed by atoms with Crippen LogP contribution in [-0.2, 0) is 4.79 Å². The molecule has 0 saturated carbocycles. The van der Waals surface area contributed by atoms with Crippen LogP contribution in [0.15, 0.2) is 101 Å². The molecular weight excluding hydrogens is 462 g/mol. The maximum Gasteiger partial charge on any atom is 0.251 e. The van der Waals surface area contributed by atoms with Gasteiger partial charge in [-0.3, -0.25) is 4.79 Å². The molecule has 0 aromatic heterocycles. The molecule has 1 atom stereocenters. The summed E-state index contributed by atoms with van der Waals surface area (Å²) in [5.74, 6) is 0.0888. The lowest BCUT2D eigenvalue weighted by Gasteiger charge is -2.26. The number of carbonyl (C=O) groups excluding carboxylic acids is 1. The van der Waals surface area contributed by atoms with Gasteiger partial charge in [0.25, 0.3) is 5.91 Å². The van der Waals surface area contributed by atoms with Gasteiger partial charge in [-0.25, -0.2) is 4.99 Å². The maximum atomic E-state index is 13.4. The van der Waals surface area contributed by atoms with Crippen LogP contribution in [0.25, 0.3) is 0 Å². The predicted molar refractivity (Wildman–Crippen MR) is 143 cm³/mol. The fourth-order valence-corrected chi connectivity index (χ4v) is 4.95. The molecule has 4 rings (SSSR count). The molecule has 6 heteroatoms. The molecule has 4 nitrogen and oxygen atoms in total. The van der Waals surface area contributed by atoms with E-state index in [0.29, 0.717) is 17.1 Å². The summed E-state index contributed by atoms with van der Waals surface area (Å²) in [7, 11) is 0. The number of amidine groups is 1. The molecule has 0 bridgehead atoms. The molecule has 1 unspecified atom stereocenters. The highest BCUT2D eigenvalue weighted by Crippen LogP contribution is 2.33. The number of nitrogens with one attached hydrogen (secondary N) is 2. The molecule has 34 heavy (non-hydrogen) atoms. The summed E-state index contributed by atoms with van der Waals surface area (Å²) in [5, 5.41) is 7.83. The highest BCUT2D eigenvalue weighted by molar-refractivity contribution is 8.13. The number of allylic oxidation sites excluding steroid dienone is 1. The number of hydrogen-bond acceptors (Lipinski definition) is 4. The van der Waals surface area contributed by atoms with Crippen molar-refractivity contribution in [1.82, 2.24) is 10.6 Å². The Morgan fingerprint density at radius 2 is 1.68 bits per heavy atom. The minimum atomic E-state index is -0.401. The quantitative estimate of drug-likeness (QED) is 0.408. The van der Waals surface area contributed by atoms with Gasteiger partial charge in [0, 0.05) is 23.2 Å². The van der Waals surface area contributed by atoms with E-state index in [9.17, 15) is 4.79 Å². The van der Waals surface area contributed by atoms with Crippen LogP contribution in [0.3, 0.4) is 0 Å². The second kappa shape index (κ2) is 11.4. The maximum absolute atomic E-state index is 13.4. The summed E-state index contributed by atoms with van der Waals surface area (Å²) < 4.78 is 0. The molecule has 1 aliphatic rings. The van der Waals surface area contributed by atoms with Crippen molar-refractivity contribution in [2.24, 2.45) is 4.99 Å². The zero-order chi connectivity index (χ0) is 23.9. The molecule has 2 N–H and O–H groups in total. The highest BCUT2D eigenvalue weighted by Gasteiger charge is 2.29. The minimum absolute atomic E-state index is 0.112. The number of carbonyl (C=O) groups is 1. The van der Waals surface area contributed by atoms with Crippen molar-refractivity contribution in [2.75, 3.05) is 12.8 Å². The third-order valence-corrected chi connectivity index (χ3v) is 6.77. The van der Waals surface area contributed by atoms with Crippen molar-refractivity contribution in [1.29, 1.82) is 0 Å².